The van der Waals surface area contributed by atoms with Gasteiger partial charge in [-0.1, -0.05) is 42.0 Å². The Labute approximate surface area is 240 Å². The third-order valence-corrected chi connectivity index (χ3v) is 10.4. The molecule has 5 rings (SSSR count). The third kappa shape index (κ3) is 5.17. The number of aryl methyl sites for hydroxylation is 3. The van der Waals surface area contributed by atoms with Gasteiger partial charge in [0, 0.05) is 31.1 Å². The molecule has 210 valence electrons. The Morgan fingerprint density at radius 1 is 0.925 bits per heavy atom. The van der Waals surface area contributed by atoms with Crippen molar-refractivity contribution in [2.75, 3.05) is 47.0 Å². The van der Waals surface area contributed by atoms with Crippen LogP contribution in [0.1, 0.15) is 23.1 Å². The molecule has 40 heavy (non-hydrogen) atoms. The molecule has 3 aromatic rings. The number of sulfonamides is 1. The molecule has 3 aromatic carbocycles. The van der Waals surface area contributed by atoms with Crippen molar-refractivity contribution >= 4 is 50.7 Å². The number of amides is 2. The summed E-state index contributed by atoms with van der Waals surface area (Å²) in [5.74, 6) is -0.750. The molecule has 0 aliphatic carbocycles. The van der Waals surface area contributed by atoms with Crippen LogP contribution in [0.4, 0.5) is 17.1 Å². The molecule has 0 aromatic heterocycles. The SMILES string of the molecule is CSc1ccccc1N1CCN(C(=O)CC2C(=O)Nc3ccccc3N2S(=O)(=O)c2c(C)cc(C)cc2C)CC1. The Bertz CT molecular complexity index is 1540. The molecule has 10 heteroatoms. The van der Waals surface area contributed by atoms with Crippen molar-refractivity contribution in [3.8, 4) is 0 Å². The first-order chi connectivity index (χ1) is 19.1. The average molecular weight is 579 g/mol. The number of nitrogens with zero attached hydrogens (tertiary/aromatic N) is 3. The van der Waals surface area contributed by atoms with Crippen LogP contribution < -0.4 is 14.5 Å². The maximum absolute atomic E-state index is 14.3. The molecule has 0 bridgehead atoms. The molecule has 2 heterocycles. The average Bonchev–Trinajstić information content (AvgIpc) is 2.92. The molecular weight excluding hydrogens is 544 g/mol. The van der Waals surface area contributed by atoms with Crippen LogP contribution in [0.3, 0.4) is 0 Å². The zero-order valence-electron chi connectivity index (χ0n) is 23.2. The number of anilines is 3. The van der Waals surface area contributed by atoms with Crippen molar-refractivity contribution in [2.24, 2.45) is 0 Å². The second-order valence-electron chi connectivity index (χ2n) is 10.3. The number of fused-ring (bicyclic) bond motifs is 1. The summed E-state index contributed by atoms with van der Waals surface area (Å²) in [6, 6.07) is 17.5. The van der Waals surface area contributed by atoms with Gasteiger partial charge in [-0.25, -0.2) is 8.42 Å². The van der Waals surface area contributed by atoms with E-state index in [4.69, 9.17) is 0 Å². The predicted molar refractivity (Wildman–Crippen MR) is 161 cm³/mol. The van der Waals surface area contributed by atoms with Gasteiger partial charge in [-0.15, -0.1) is 11.8 Å². The van der Waals surface area contributed by atoms with E-state index >= 15 is 0 Å². The lowest BCUT2D eigenvalue weighted by molar-refractivity contribution is -0.133. The lowest BCUT2D eigenvalue weighted by atomic mass is 10.1. The van der Waals surface area contributed by atoms with Crippen LogP contribution in [0.25, 0.3) is 0 Å². The van der Waals surface area contributed by atoms with Crippen molar-refractivity contribution in [1.29, 1.82) is 0 Å². The summed E-state index contributed by atoms with van der Waals surface area (Å²) >= 11 is 1.69. The van der Waals surface area contributed by atoms with E-state index in [1.165, 1.54) is 4.90 Å². The Kier molecular flexibility index (Phi) is 7.83. The molecule has 0 radical (unpaired) electrons. The van der Waals surface area contributed by atoms with Gasteiger partial charge in [0.05, 0.1) is 28.4 Å². The van der Waals surface area contributed by atoms with E-state index < -0.39 is 22.0 Å². The molecule has 1 atom stereocenters. The summed E-state index contributed by atoms with van der Waals surface area (Å²) in [6.07, 6.45) is 1.80. The number of nitrogens with one attached hydrogen (secondary N) is 1. The standard InChI is InChI=1S/C30H34N4O4S2/c1-20-17-21(2)29(22(3)18-20)40(37,38)34-24-10-6-5-9-23(24)31-30(36)26(34)19-28(35)33-15-13-32(14-16-33)25-11-7-8-12-27(25)39-4/h5-12,17-18,26H,13-16,19H2,1-4H3,(H,31,36). The zero-order chi connectivity index (χ0) is 28.6. The monoisotopic (exact) mass is 578 g/mol. The van der Waals surface area contributed by atoms with Gasteiger partial charge in [-0.05, 0) is 62.4 Å². The number of hydrogen-bond donors (Lipinski definition) is 1. The minimum Gasteiger partial charge on any atom is -0.367 e. The van der Waals surface area contributed by atoms with E-state index in [0.29, 0.717) is 48.7 Å². The Morgan fingerprint density at radius 3 is 2.17 bits per heavy atom. The van der Waals surface area contributed by atoms with E-state index in [1.807, 2.05) is 37.4 Å². The Morgan fingerprint density at radius 2 is 1.52 bits per heavy atom. The number of carbonyl (C=O) groups excluding carboxylic acids is 2. The van der Waals surface area contributed by atoms with Gasteiger partial charge < -0.3 is 15.1 Å². The van der Waals surface area contributed by atoms with Gasteiger partial charge in [-0.2, -0.15) is 0 Å². The summed E-state index contributed by atoms with van der Waals surface area (Å²) < 4.78 is 29.7. The minimum absolute atomic E-state index is 0.168. The maximum Gasteiger partial charge on any atom is 0.265 e. The summed E-state index contributed by atoms with van der Waals surface area (Å²) in [4.78, 5) is 32.3. The Balaban J connectivity index is 1.42. The highest BCUT2D eigenvalue weighted by Crippen LogP contribution is 2.39. The third-order valence-electron chi connectivity index (χ3n) is 7.53. The highest BCUT2D eigenvalue weighted by molar-refractivity contribution is 7.98. The first-order valence-corrected chi connectivity index (χ1v) is 16.0. The molecule has 8 nitrogen and oxygen atoms in total. The van der Waals surface area contributed by atoms with E-state index in [2.05, 4.69) is 22.3 Å². The summed E-state index contributed by atoms with van der Waals surface area (Å²) in [7, 11) is -4.17. The normalized spacial score (nSPS) is 17.4. The molecular formula is C30H34N4O4S2. The molecule has 1 N–H and O–H groups in total. The fourth-order valence-corrected chi connectivity index (χ4v) is 8.46. The molecule has 2 amide bonds. The number of carbonyl (C=O) groups is 2. The molecule has 2 aliphatic heterocycles. The number of benzene rings is 3. The molecule has 1 saturated heterocycles. The molecule has 1 unspecified atom stereocenters. The second kappa shape index (κ2) is 11.2. The van der Waals surface area contributed by atoms with Crippen molar-refractivity contribution < 1.29 is 18.0 Å². The maximum atomic E-state index is 14.3. The van der Waals surface area contributed by atoms with Crippen molar-refractivity contribution in [3.63, 3.8) is 0 Å². The van der Waals surface area contributed by atoms with Gasteiger partial charge in [0.1, 0.15) is 6.04 Å². The molecule has 2 aliphatic rings. The van der Waals surface area contributed by atoms with Crippen LogP contribution in [-0.2, 0) is 19.6 Å². The van der Waals surface area contributed by atoms with Crippen LogP contribution in [0, 0.1) is 20.8 Å². The summed E-state index contributed by atoms with van der Waals surface area (Å²) in [5, 5.41) is 2.83. The zero-order valence-corrected chi connectivity index (χ0v) is 24.8. The van der Waals surface area contributed by atoms with E-state index in [1.54, 1.807) is 54.8 Å². The van der Waals surface area contributed by atoms with Crippen molar-refractivity contribution in [1.82, 2.24) is 4.90 Å². The molecule has 0 saturated carbocycles. The topological polar surface area (TPSA) is 90.0 Å². The quantitative estimate of drug-likeness (QED) is 0.431. The Hall–Kier alpha value is -3.50. The largest absolute Gasteiger partial charge is 0.367 e. The van der Waals surface area contributed by atoms with E-state index in [-0.39, 0.29) is 17.2 Å². The van der Waals surface area contributed by atoms with E-state index in [0.717, 1.165) is 15.6 Å². The molecule has 0 spiro atoms. The highest BCUT2D eigenvalue weighted by atomic mass is 32.2. The van der Waals surface area contributed by atoms with Gasteiger partial charge in [0.15, 0.2) is 0 Å². The smallest absolute Gasteiger partial charge is 0.265 e. The number of rotatable bonds is 6. The van der Waals surface area contributed by atoms with Gasteiger partial charge in [0.2, 0.25) is 11.8 Å². The van der Waals surface area contributed by atoms with Gasteiger partial charge >= 0.3 is 0 Å². The number of thioether (sulfide) groups is 1. The lowest BCUT2D eigenvalue weighted by Crippen LogP contribution is -2.55. The van der Waals surface area contributed by atoms with Crippen LogP contribution >= 0.6 is 11.8 Å². The van der Waals surface area contributed by atoms with Crippen molar-refractivity contribution in [3.05, 3.63) is 77.4 Å². The van der Waals surface area contributed by atoms with E-state index in [9.17, 15) is 18.0 Å². The van der Waals surface area contributed by atoms with Crippen LogP contribution in [0.15, 0.2) is 70.5 Å². The predicted octanol–water partition coefficient (Wildman–Crippen LogP) is 4.59. The number of para-hydroxylation sites is 3. The van der Waals surface area contributed by atoms with Gasteiger partial charge in [0.25, 0.3) is 10.0 Å². The minimum atomic E-state index is -4.17. The summed E-state index contributed by atoms with van der Waals surface area (Å²) in [6.45, 7) is 7.75. The van der Waals surface area contributed by atoms with Crippen molar-refractivity contribution in [2.45, 2.75) is 43.0 Å². The first-order valence-electron chi connectivity index (χ1n) is 13.3. The molecule has 1 fully saturated rings. The fourth-order valence-electron chi connectivity index (χ4n) is 5.79. The number of hydrogen-bond acceptors (Lipinski definition) is 6. The van der Waals surface area contributed by atoms with Gasteiger partial charge in [-0.3, -0.25) is 13.9 Å². The van der Waals surface area contributed by atoms with Crippen LogP contribution in [0.2, 0.25) is 0 Å². The van der Waals surface area contributed by atoms with Crippen LogP contribution in [0.5, 0.6) is 0 Å². The second-order valence-corrected chi connectivity index (χ2v) is 12.9. The first kappa shape index (κ1) is 28.0. The highest BCUT2D eigenvalue weighted by Gasteiger charge is 2.43. The lowest BCUT2D eigenvalue weighted by Gasteiger charge is -2.40. The fraction of sp³-hybridized carbons (Fsp3) is 0.333. The summed E-state index contributed by atoms with van der Waals surface area (Å²) in [5.41, 5.74) is 4.07. The van der Waals surface area contributed by atoms with Crippen LogP contribution in [-0.4, -0.2) is 63.6 Å². The number of piperazine rings is 1.